The lowest BCUT2D eigenvalue weighted by Crippen LogP contribution is -2.36. The molecular weight excluding hydrogens is 204 g/mol. The Bertz CT molecular complexity index is 437. The van der Waals surface area contributed by atoms with Crippen LogP contribution < -0.4 is 0 Å². The first kappa shape index (κ1) is 10.9. The molecule has 84 valence electrons. The molecule has 0 bridgehead atoms. The second kappa shape index (κ2) is 4.10. The summed E-state index contributed by atoms with van der Waals surface area (Å²) >= 11 is 0. The van der Waals surface area contributed by atoms with Crippen molar-refractivity contribution in [3.63, 3.8) is 0 Å². The van der Waals surface area contributed by atoms with Crippen LogP contribution in [0.4, 0.5) is 0 Å². The van der Waals surface area contributed by atoms with Crippen molar-refractivity contribution in [3.05, 3.63) is 41.5 Å². The zero-order valence-corrected chi connectivity index (χ0v) is 9.14. The van der Waals surface area contributed by atoms with Crippen LogP contribution in [-0.2, 0) is 16.0 Å². The fourth-order valence-electron chi connectivity index (χ4n) is 2.07. The summed E-state index contributed by atoms with van der Waals surface area (Å²) in [6, 6.07) is 7.96. The van der Waals surface area contributed by atoms with Gasteiger partial charge in [-0.3, -0.25) is 4.79 Å². The maximum atomic E-state index is 10.8. The largest absolute Gasteiger partial charge is 0.481 e. The Morgan fingerprint density at radius 2 is 2.25 bits per heavy atom. The SMILES string of the molecule is COC1(CC(=O)O)C=Cc2ccccc2C1. The molecule has 3 nitrogen and oxygen atoms in total. The van der Waals surface area contributed by atoms with Gasteiger partial charge in [-0.2, -0.15) is 0 Å². The fraction of sp³-hybridized carbons (Fsp3) is 0.308. The van der Waals surface area contributed by atoms with Crippen molar-refractivity contribution in [2.75, 3.05) is 7.11 Å². The van der Waals surface area contributed by atoms with Gasteiger partial charge in [-0.05, 0) is 11.1 Å². The summed E-state index contributed by atoms with van der Waals surface area (Å²) in [5.74, 6) is -0.842. The molecule has 2 rings (SSSR count). The van der Waals surface area contributed by atoms with E-state index in [-0.39, 0.29) is 6.42 Å². The first-order chi connectivity index (χ1) is 7.65. The summed E-state index contributed by atoms with van der Waals surface area (Å²) in [5, 5.41) is 8.90. The molecule has 1 aromatic rings. The van der Waals surface area contributed by atoms with Gasteiger partial charge in [0, 0.05) is 13.5 Å². The Kier molecular flexibility index (Phi) is 2.79. The number of hydrogen-bond donors (Lipinski definition) is 1. The Labute approximate surface area is 94.4 Å². The average molecular weight is 218 g/mol. The van der Waals surface area contributed by atoms with Crippen molar-refractivity contribution in [3.8, 4) is 0 Å². The van der Waals surface area contributed by atoms with E-state index in [0.717, 1.165) is 11.1 Å². The third-order valence-electron chi connectivity index (χ3n) is 2.97. The second-order valence-electron chi connectivity index (χ2n) is 4.05. The average Bonchev–Trinajstić information content (AvgIpc) is 2.28. The molecule has 3 heteroatoms. The molecule has 1 aliphatic carbocycles. The van der Waals surface area contributed by atoms with Crippen LogP contribution in [0.5, 0.6) is 0 Å². The van der Waals surface area contributed by atoms with E-state index in [9.17, 15) is 4.79 Å². The molecule has 0 saturated heterocycles. The van der Waals surface area contributed by atoms with Crippen LogP contribution in [0.3, 0.4) is 0 Å². The monoisotopic (exact) mass is 218 g/mol. The summed E-state index contributed by atoms with van der Waals surface area (Å²) < 4.78 is 5.38. The maximum Gasteiger partial charge on any atom is 0.306 e. The first-order valence-electron chi connectivity index (χ1n) is 5.19. The number of hydrogen-bond acceptors (Lipinski definition) is 2. The molecule has 1 atom stereocenters. The normalized spacial score (nSPS) is 22.8. The molecular formula is C13H14O3. The van der Waals surface area contributed by atoms with Gasteiger partial charge in [0.1, 0.15) is 5.60 Å². The van der Waals surface area contributed by atoms with E-state index in [4.69, 9.17) is 9.84 Å². The highest BCUT2D eigenvalue weighted by atomic mass is 16.5. The van der Waals surface area contributed by atoms with E-state index in [2.05, 4.69) is 0 Å². The Morgan fingerprint density at radius 1 is 1.50 bits per heavy atom. The summed E-state index contributed by atoms with van der Waals surface area (Å²) in [6.45, 7) is 0. The van der Waals surface area contributed by atoms with E-state index >= 15 is 0 Å². The van der Waals surface area contributed by atoms with Gasteiger partial charge in [0.2, 0.25) is 0 Å². The highest BCUT2D eigenvalue weighted by Gasteiger charge is 2.33. The predicted octanol–water partition coefficient (Wildman–Crippen LogP) is 2.12. The summed E-state index contributed by atoms with van der Waals surface area (Å²) in [5.41, 5.74) is 1.58. The number of benzene rings is 1. The molecule has 0 radical (unpaired) electrons. The summed E-state index contributed by atoms with van der Waals surface area (Å²) in [4.78, 5) is 10.8. The van der Waals surface area contributed by atoms with Crippen molar-refractivity contribution in [1.29, 1.82) is 0 Å². The van der Waals surface area contributed by atoms with Crippen LogP contribution >= 0.6 is 0 Å². The number of carboxylic acid groups (broad SMARTS) is 1. The van der Waals surface area contributed by atoms with Gasteiger partial charge in [0.25, 0.3) is 0 Å². The van der Waals surface area contributed by atoms with E-state index < -0.39 is 11.6 Å². The molecule has 1 aromatic carbocycles. The molecule has 0 amide bonds. The lowest BCUT2D eigenvalue weighted by Gasteiger charge is -2.31. The van der Waals surface area contributed by atoms with E-state index in [0.29, 0.717) is 6.42 Å². The molecule has 1 unspecified atom stereocenters. The van der Waals surface area contributed by atoms with Gasteiger partial charge in [-0.25, -0.2) is 0 Å². The molecule has 0 spiro atoms. The Hall–Kier alpha value is -1.61. The quantitative estimate of drug-likeness (QED) is 0.845. The maximum absolute atomic E-state index is 10.8. The minimum absolute atomic E-state index is 0.00562. The molecule has 0 fully saturated rings. The van der Waals surface area contributed by atoms with Crippen LogP contribution in [0.2, 0.25) is 0 Å². The third-order valence-corrected chi connectivity index (χ3v) is 2.97. The Morgan fingerprint density at radius 3 is 2.94 bits per heavy atom. The molecule has 1 aliphatic rings. The van der Waals surface area contributed by atoms with Crippen molar-refractivity contribution in [2.24, 2.45) is 0 Å². The van der Waals surface area contributed by atoms with Gasteiger partial charge in [0.15, 0.2) is 0 Å². The van der Waals surface area contributed by atoms with Gasteiger partial charge in [-0.15, -0.1) is 0 Å². The molecule has 0 aromatic heterocycles. The lowest BCUT2D eigenvalue weighted by atomic mass is 9.84. The van der Waals surface area contributed by atoms with E-state index in [1.54, 1.807) is 7.11 Å². The Balaban J connectivity index is 2.32. The second-order valence-corrected chi connectivity index (χ2v) is 4.05. The number of rotatable bonds is 3. The topological polar surface area (TPSA) is 46.5 Å². The zero-order chi connectivity index (χ0) is 11.6. The number of carboxylic acids is 1. The number of fused-ring (bicyclic) bond motifs is 1. The zero-order valence-electron chi connectivity index (χ0n) is 9.14. The third kappa shape index (κ3) is 1.99. The van der Waals surface area contributed by atoms with Gasteiger partial charge >= 0.3 is 5.97 Å². The van der Waals surface area contributed by atoms with E-state index in [1.807, 2.05) is 36.4 Å². The van der Waals surface area contributed by atoms with Gasteiger partial charge in [-0.1, -0.05) is 36.4 Å². The van der Waals surface area contributed by atoms with Crippen molar-refractivity contribution < 1.29 is 14.6 Å². The number of aliphatic carboxylic acids is 1. The summed E-state index contributed by atoms with van der Waals surface area (Å²) in [7, 11) is 1.56. The smallest absolute Gasteiger partial charge is 0.306 e. The number of ether oxygens (including phenoxy) is 1. The fourth-order valence-corrected chi connectivity index (χ4v) is 2.07. The minimum atomic E-state index is -0.842. The summed E-state index contributed by atoms with van der Waals surface area (Å²) in [6.07, 6.45) is 4.39. The highest BCUT2D eigenvalue weighted by molar-refractivity contribution is 5.70. The van der Waals surface area contributed by atoms with Crippen LogP contribution in [-0.4, -0.2) is 23.8 Å². The predicted molar refractivity (Wildman–Crippen MR) is 61.2 cm³/mol. The first-order valence-corrected chi connectivity index (χ1v) is 5.19. The molecule has 0 heterocycles. The van der Waals surface area contributed by atoms with Crippen molar-refractivity contribution >= 4 is 12.0 Å². The van der Waals surface area contributed by atoms with Gasteiger partial charge in [0.05, 0.1) is 6.42 Å². The van der Waals surface area contributed by atoms with Crippen LogP contribution in [0, 0.1) is 0 Å². The molecule has 0 saturated carbocycles. The van der Waals surface area contributed by atoms with Crippen molar-refractivity contribution in [1.82, 2.24) is 0 Å². The minimum Gasteiger partial charge on any atom is -0.481 e. The lowest BCUT2D eigenvalue weighted by molar-refractivity contribution is -0.142. The van der Waals surface area contributed by atoms with E-state index in [1.165, 1.54) is 0 Å². The van der Waals surface area contributed by atoms with Crippen molar-refractivity contribution in [2.45, 2.75) is 18.4 Å². The molecule has 0 aliphatic heterocycles. The number of methoxy groups -OCH3 is 1. The standard InChI is InChI=1S/C13H14O3/c1-16-13(9-12(14)15)7-6-10-4-2-3-5-11(10)8-13/h2-7H,8-9H2,1H3,(H,14,15). The van der Waals surface area contributed by atoms with Gasteiger partial charge < -0.3 is 9.84 Å². The molecule has 16 heavy (non-hydrogen) atoms. The van der Waals surface area contributed by atoms with Crippen LogP contribution in [0.15, 0.2) is 30.3 Å². The van der Waals surface area contributed by atoms with Crippen LogP contribution in [0.25, 0.3) is 6.08 Å². The number of carbonyl (C=O) groups is 1. The highest BCUT2D eigenvalue weighted by Crippen LogP contribution is 2.30. The van der Waals surface area contributed by atoms with Crippen LogP contribution in [0.1, 0.15) is 17.5 Å². The molecule has 1 N–H and O–H groups in total.